The van der Waals surface area contributed by atoms with Crippen molar-refractivity contribution >= 4 is 35.3 Å². The molecular weight excluding hydrogens is 964 g/mol. The standard InChI is InChI=1S/C41H62N4O26/c1-14-27(55)30(58)31(59)38(64-14)69-35-26(44-16(3)50)37(65-18-6-4-17(5-7-18)45-24(54)13-63-12-23(42)53)67-22(11-48)33(35)68-39-32(60)36(29(57)21(10-47)66-39)71-41(40(61)62)8-19(51)25(43-15(2)49)34(70-41)28(56)20(52)9-46/h4-7,14,19-22,25-39,46-48,51-52,55-60H,8-13H2,1-3H3,(H2,42,53)(H,43,49)(H,44,50)(H,45,54)(H,61,62)/t14?,19?,20-,21?,22?,25?,26?,27?,28-,29?,30?,31?,32?,33?,34?,35?,36?,37?,38?,39?,41?/m1/s1. The van der Waals surface area contributed by atoms with Crippen LogP contribution >= 0.6 is 0 Å². The fraction of sp³-hybridized carbons (Fsp3) is 0.732. The fourth-order valence-electron chi connectivity index (χ4n) is 8.27. The molecule has 4 fully saturated rings. The highest BCUT2D eigenvalue weighted by Gasteiger charge is 2.61. The number of carboxylic acid groups (broad SMARTS) is 1. The molecule has 5 rings (SSSR count). The molecule has 19 unspecified atom stereocenters. The summed E-state index contributed by atoms with van der Waals surface area (Å²) in [7, 11) is 0. The number of aliphatic hydroxyl groups excluding tert-OH is 11. The Hall–Kier alpha value is -4.39. The molecule has 30 nitrogen and oxygen atoms in total. The van der Waals surface area contributed by atoms with Crippen LogP contribution in [0, 0.1) is 0 Å². The number of ether oxygens (including phenoxy) is 9. The summed E-state index contributed by atoms with van der Waals surface area (Å²) in [6, 6.07) is 2.20. The van der Waals surface area contributed by atoms with E-state index >= 15 is 0 Å². The van der Waals surface area contributed by atoms with Gasteiger partial charge in [0.2, 0.25) is 29.9 Å². The summed E-state index contributed by atoms with van der Waals surface area (Å²) in [5, 5.41) is 136. The number of hydrogen-bond acceptors (Lipinski definition) is 25. The molecule has 4 aliphatic heterocycles. The van der Waals surface area contributed by atoms with Gasteiger partial charge >= 0.3 is 5.97 Å². The zero-order valence-corrected chi connectivity index (χ0v) is 38.3. The first-order valence-electron chi connectivity index (χ1n) is 22.1. The summed E-state index contributed by atoms with van der Waals surface area (Å²) in [6.07, 6.45) is -35.8. The van der Waals surface area contributed by atoms with Crippen LogP contribution in [0.1, 0.15) is 27.2 Å². The number of carbonyl (C=O) groups is 5. The Morgan fingerprint density at radius 1 is 0.746 bits per heavy atom. The lowest BCUT2D eigenvalue weighted by Crippen LogP contribution is -2.71. The normalized spacial score (nSPS) is 38.3. The quantitative estimate of drug-likeness (QED) is 0.0544. The molecule has 0 spiro atoms. The van der Waals surface area contributed by atoms with Crippen molar-refractivity contribution in [2.75, 3.05) is 38.4 Å². The fourth-order valence-corrected chi connectivity index (χ4v) is 8.27. The Kier molecular flexibility index (Phi) is 20.3. The van der Waals surface area contributed by atoms with Crippen molar-refractivity contribution in [3.63, 3.8) is 0 Å². The summed E-state index contributed by atoms with van der Waals surface area (Å²) in [5.41, 5.74) is 5.24. The molecule has 4 saturated heterocycles. The van der Waals surface area contributed by atoms with E-state index in [2.05, 4.69) is 16.0 Å². The SMILES string of the molecule is CC(=O)NC1C(Oc2ccc(NC(=O)COCC(N)=O)cc2)OC(CO)C(OC2OC(CO)C(O)C(OC3(C(=O)O)CC(O)C(NC(C)=O)C([C@H](O)[C@H](O)CO)O3)C2O)C1OC1OC(C)C(O)C(O)C1O. The van der Waals surface area contributed by atoms with Gasteiger partial charge in [-0.3, -0.25) is 19.2 Å². The third-order valence-corrected chi connectivity index (χ3v) is 11.8. The van der Waals surface area contributed by atoms with Gasteiger partial charge < -0.3 is 126 Å². The van der Waals surface area contributed by atoms with Gasteiger partial charge in [-0.15, -0.1) is 0 Å². The van der Waals surface area contributed by atoms with Gasteiger partial charge in [0.25, 0.3) is 5.79 Å². The van der Waals surface area contributed by atoms with Gasteiger partial charge in [0, 0.05) is 26.0 Å². The molecule has 4 amide bonds. The molecule has 17 N–H and O–H groups in total. The van der Waals surface area contributed by atoms with E-state index in [1.165, 1.54) is 31.2 Å². The molecule has 21 atom stereocenters. The second kappa shape index (κ2) is 25.0. The highest BCUT2D eigenvalue weighted by molar-refractivity contribution is 5.92. The lowest BCUT2D eigenvalue weighted by atomic mass is 9.88. The molecule has 0 aliphatic carbocycles. The Morgan fingerprint density at radius 3 is 1.92 bits per heavy atom. The molecule has 4 heterocycles. The third kappa shape index (κ3) is 13.8. The molecule has 0 aromatic heterocycles. The van der Waals surface area contributed by atoms with Crippen LogP contribution in [-0.2, 0) is 61.9 Å². The number of nitrogens with two attached hydrogens (primary N) is 1. The molecule has 4 aliphatic rings. The number of benzene rings is 1. The van der Waals surface area contributed by atoms with Crippen LogP contribution < -0.4 is 26.4 Å². The van der Waals surface area contributed by atoms with Crippen LogP contribution in [0.3, 0.4) is 0 Å². The third-order valence-electron chi connectivity index (χ3n) is 11.8. The highest BCUT2D eigenvalue weighted by atomic mass is 16.8. The number of nitrogens with one attached hydrogen (secondary N) is 3. The van der Waals surface area contributed by atoms with Crippen molar-refractivity contribution in [1.82, 2.24) is 10.6 Å². The van der Waals surface area contributed by atoms with Gasteiger partial charge in [-0.1, -0.05) is 0 Å². The minimum Gasteiger partial charge on any atom is -0.477 e. The summed E-state index contributed by atoms with van der Waals surface area (Å²) < 4.78 is 52.3. The number of anilines is 1. The zero-order valence-electron chi connectivity index (χ0n) is 38.3. The van der Waals surface area contributed by atoms with Crippen molar-refractivity contribution in [1.29, 1.82) is 0 Å². The molecule has 402 valence electrons. The summed E-state index contributed by atoms with van der Waals surface area (Å²) in [4.78, 5) is 61.3. The average Bonchev–Trinajstić information content (AvgIpc) is 3.31. The topological polar surface area (TPSA) is 473 Å². The minimum atomic E-state index is -3.17. The maximum absolute atomic E-state index is 13.1. The predicted octanol–water partition coefficient (Wildman–Crippen LogP) is -8.70. The van der Waals surface area contributed by atoms with Gasteiger partial charge in [0.15, 0.2) is 12.6 Å². The minimum absolute atomic E-state index is 0.00138. The predicted molar refractivity (Wildman–Crippen MR) is 226 cm³/mol. The van der Waals surface area contributed by atoms with E-state index in [4.69, 9.17) is 48.4 Å². The van der Waals surface area contributed by atoms with E-state index in [1.807, 2.05) is 0 Å². The van der Waals surface area contributed by atoms with Gasteiger partial charge in [0.05, 0.1) is 38.1 Å². The van der Waals surface area contributed by atoms with Crippen molar-refractivity contribution in [3.05, 3.63) is 24.3 Å². The largest absolute Gasteiger partial charge is 0.477 e. The van der Waals surface area contributed by atoms with E-state index in [0.717, 1.165) is 13.8 Å². The molecule has 30 heteroatoms. The van der Waals surface area contributed by atoms with Crippen LogP contribution in [0.5, 0.6) is 5.75 Å². The average molecular weight is 1030 g/mol. The molecule has 71 heavy (non-hydrogen) atoms. The van der Waals surface area contributed by atoms with Crippen molar-refractivity contribution in [2.24, 2.45) is 5.73 Å². The summed E-state index contributed by atoms with van der Waals surface area (Å²) in [5.74, 6) is -8.23. The molecule has 1 aromatic carbocycles. The number of aliphatic hydroxyl groups is 11. The summed E-state index contributed by atoms with van der Waals surface area (Å²) in [6.45, 7) is -0.821. The first-order chi connectivity index (χ1) is 33.4. The lowest BCUT2D eigenvalue weighted by molar-refractivity contribution is -0.389. The second-order valence-corrected chi connectivity index (χ2v) is 17.2. The molecule has 0 radical (unpaired) electrons. The van der Waals surface area contributed by atoms with E-state index in [0.29, 0.717) is 0 Å². The zero-order chi connectivity index (χ0) is 52.6. The lowest BCUT2D eigenvalue weighted by Gasteiger charge is -2.51. The van der Waals surface area contributed by atoms with Crippen LogP contribution in [0.15, 0.2) is 24.3 Å². The molecule has 0 saturated carbocycles. The van der Waals surface area contributed by atoms with Crippen LogP contribution in [0.25, 0.3) is 0 Å². The number of aliphatic carboxylic acids is 1. The Morgan fingerprint density at radius 2 is 1.34 bits per heavy atom. The summed E-state index contributed by atoms with van der Waals surface area (Å²) >= 11 is 0. The Labute approximate surface area is 403 Å². The Bertz CT molecular complexity index is 1960. The number of amides is 4. The van der Waals surface area contributed by atoms with E-state index in [1.54, 1.807) is 0 Å². The van der Waals surface area contributed by atoms with Crippen molar-refractivity contribution in [2.45, 2.75) is 155 Å². The molecular formula is C41H62N4O26. The first-order valence-corrected chi connectivity index (χ1v) is 22.1. The maximum Gasteiger partial charge on any atom is 0.364 e. The van der Waals surface area contributed by atoms with Crippen LogP contribution in [0.4, 0.5) is 5.69 Å². The van der Waals surface area contributed by atoms with Gasteiger partial charge in [0.1, 0.15) is 104 Å². The Balaban J connectivity index is 1.50. The van der Waals surface area contributed by atoms with E-state index in [9.17, 15) is 85.3 Å². The van der Waals surface area contributed by atoms with Crippen LogP contribution in [0.2, 0.25) is 0 Å². The number of carboxylic acids is 1. The monoisotopic (exact) mass is 1030 g/mol. The smallest absolute Gasteiger partial charge is 0.364 e. The van der Waals surface area contributed by atoms with Gasteiger partial charge in [-0.2, -0.15) is 0 Å². The van der Waals surface area contributed by atoms with E-state index < -0.39 is 197 Å². The van der Waals surface area contributed by atoms with Gasteiger partial charge in [-0.05, 0) is 31.2 Å². The molecule has 1 aromatic rings. The number of carbonyl (C=O) groups excluding carboxylic acids is 4. The highest BCUT2D eigenvalue weighted by Crippen LogP contribution is 2.39. The van der Waals surface area contributed by atoms with Crippen molar-refractivity contribution in [3.8, 4) is 5.75 Å². The van der Waals surface area contributed by atoms with Gasteiger partial charge in [-0.25, -0.2) is 4.79 Å². The maximum atomic E-state index is 13.1. The second-order valence-electron chi connectivity index (χ2n) is 17.2. The van der Waals surface area contributed by atoms with Crippen LogP contribution in [-0.4, -0.2) is 252 Å². The molecule has 0 bridgehead atoms. The number of rotatable bonds is 21. The first kappa shape index (κ1) is 57.5. The number of primary amides is 1. The van der Waals surface area contributed by atoms with Crippen molar-refractivity contribution < 1.29 is 128 Å². The number of hydrogen-bond donors (Lipinski definition) is 16. The van der Waals surface area contributed by atoms with E-state index in [-0.39, 0.29) is 11.4 Å².